The molecule has 0 N–H and O–H groups in total. The first kappa shape index (κ1) is 19.2. The summed E-state index contributed by atoms with van der Waals surface area (Å²) in [5, 5.41) is 6.20. The summed E-state index contributed by atoms with van der Waals surface area (Å²) >= 11 is 1.45. The first-order valence-electron chi connectivity index (χ1n) is 9.47. The second-order valence-electron chi connectivity index (χ2n) is 6.82. The molecule has 0 unspecified atom stereocenters. The van der Waals surface area contributed by atoms with Crippen LogP contribution in [0.15, 0.2) is 77.3 Å². The fourth-order valence-corrected chi connectivity index (χ4v) is 4.08. The minimum atomic E-state index is -0.192. The fourth-order valence-electron chi connectivity index (χ4n) is 3.39. The van der Waals surface area contributed by atoms with E-state index in [1.54, 1.807) is 7.11 Å². The van der Waals surface area contributed by atoms with Crippen molar-refractivity contribution in [3.05, 3.63) is 88.1 Å². The van der Waals surface area contributed by atoms with Crippen molar-refractivity contribution < 1.29 is 14.4 Å². The van der Waals surface area contributed by atoms with E-state index in [0.717, 1.165) is 27.5 Å². The largest absolute Gasteiger partial charge is 0.496 e. The highest BCUT2D eigenvalue weighted by Gasteiger charge is 2.28. The number of hydrogen-bond donors (Lipinski definition) is 0. The van der Waals surface area contributed by atoms with Gasteiger partial charge in [0, 0.05) is 18.5 Å². The molecule has 1 atom stereocenters. The Bertz CT molecular complexity index is 986. The number of oxime groups is 1. The standard InChI is InChI=1S/C23H22N2O3S/c1-27-21-11-6-5-10-19(21)20-14-18(28-24-20)16-25(15-17-8-3-2-4-9-17)23(26)22-12-7-13-29-22/h2-13,18H,14-16H2,1H3/t18-/m0/s1. The minimum absolute atomic E-state index is 0.0122. The van der Waals surface area contributed by atoms with E-state index in [2.05, 4.69) is 5.16 Å². The molecule has 0 bridgehead atoms. The molecular weight excluding hydrogens is 384 g/mol. The summed E-state index contributed by atoms with van der Waals surface area (Å²) in [5.41, 5.74) is 2.86. The van der Waals surface area contributed by atoms with Crippen molar-refractivity contribution in [1.82, 2.24) is 4.90 Å². The summed E-state index contributed by atoms with van der Waals surface area (Å²) in [6.45, 7) is 0.995. The van der Waals surface area contributed by atoms with Crippen LogP contribution in [0.4, 0.5) is 0 Å². The van der Waals surface area contributed by atoms with E-state index in [1.165, 1.54) is 11.3 Å². The van der Waals surface area contributed by atoms with E-state index in [9.17, 15) is 4.79 Å². The third kappa shape index (κ3) is 4.49. The number of ether oxygens (including phenoxy) is 1. The monoisotopic (exact) mass is 406 g/mol. The number of nitrogens with zero attached hydrogens (tertiary/aromatic N) is 2. The van der Waals surface area contributed by atoms with Crippen molar-refractivity contribution in [2.24, 2.45) is 5.16 Å². The van der Waals surface area contributed by atoms with Gasteiger partial charge < -0.3 is 14.5 Å². The maximum Gasteiger partial charge on any atom is 0.264 e. The van der Waals surface area contributed by atoms with Gasteiger partial charge in [0.1, 0.15) is 5.75 Å². The van der Waals surface area contributed by atoms with Crippen molar-refractivity contribution in [2.75, 3.05) is 13.7 Å². The lowest BCUT2D eigenvalue weighted by Crippen LogP contribution is -2.37. The van der Waals surface area contributed by atoms with Crippen LogP contribution >= 0.6 is 11.3 Å². The molecule has 4 rings (SSSR count). The van der Waals surface area contributed by atoms with E-state index >= 15 is 0 Å². The maximum atomic E-state index is 13.1. The van der Waals surface area contributed by atoms with Gasteiger partial charge in [0.05, 0.1) is 24.2 Å². The number of amides is 1. The molecule has 29 heavy (non-hydrogen) atoms. The Morgan fingerprint density at radius 3 is 2.69 bits per heavy atom. The molecule has 2 aromatic carbocycles. The Morgan fingerprint density at radius 1 is 1.14 bits per heavy atom. The van der Waals surface area contributed by atoms with Crippen molar-refractivity contribution in [2.45, 2.75) is 19.1 Å². The van der Waals surface area contributed by atoms with Gasteiger partial charge in [-0.2, -0.15) is 0 Å². The molecule has 0 spiro atoms. The zero-order valence-corrected chi connectivity index (χ0v) is 17.0. The molecule has 0 aliphatic carbocycles. The van der Waals surface area contributed by atoms with Crippen LogP contribution in [0, 0.1) is 0 Å². The van der Waals surface area contributed by atoms with Crippen LogP contribution in [-0.2, 0) is 11.4 Å². The molecule has 0 fully saturated rings. The molecule has 3 aromatic rings. The number of methoxy groups -OCH3 is 1. The second kappa shape index (κ2) is 8.92. The summed E-state index contributed by atoms with van der Waals surface area (Å²) in [5.74, 6) is 0.782. The van der Waals surface area contributed by atoms with Gasteiger partial charge in [-0.25, -0.2) is 0 Å². The zero-order valence-electron chi connectivity index (χ0n) is 16.2. The fraction of sp³-hybridized carbons (Fsp3) is 0.217. The zero-order chi connectivity index (χ0) is 20.1. The highest BCUT2D eigenvalue weighted by molar-refractivity contribution is 7.12. The summed E-state index contributed by atoms with van der Waals surface area (Å²) in [6, 6.07) is 21.5. The lowest BCUT2D eigenvalue weighted by molar-refractivity contribution is 0.0408. The predicted octanol–water partition coefficient (Wildman–Crippen LogP) is 4.59. The third-order valence-electron chi connectivity index (χ3n) is 4.81. The van der Waals surface area contributed by atoms with E-state index in [0.29, 0.717) is 19.5 Å². The molecule has 0 saturated heterocycles. The third-order valence-corrected chi connectivity index (χ3v) is 5.67. The second-order valence-corrected chi connectivity index (χ2v) is 7.77. The van der Waals surface area contributed by atoms with Crippen LogP contribution < -0.4 is 4.74 Å². The van der Waals surface area contributed by atoms with Crippen LogP contribution in [-0.4, -0.2) is 36.3 Å². The number of rotatable bonds is 7. The molecule has 2 heterocycles. The van der Waals surface area contributed by atoms with Crippen molar-refractivity contribution in [3.8, 4) is 5.75 Å². The van der Waals surface area contributed by atoms with Crippen LogP contribution in [0.25, 0.3) is 0 Å². The first-order chi connectivity index (χ1) is 14.2. The first-order valence-corrected chi connectivity index (χ1v) is 10.4. The summed E-state index contributed by atoms with van der Waals surface area (Å²) < 4.78 is 5.44. The number of carbonyl (C=O) groups is 1. The molecule has 1 aromatic heterocycles. The molecule has 1 aliphatic rings. The van der Waals surface area contributed by atoms with E-state index in [4.69, 9.17) is 9.57 Å². The van der Waals surface area contributed by atoms with Crippen LogP contribution in [0.5, 0.6) is 5.75 Å². The van der Waals surface area contributed by atoms with Gasteiger partial charge in [-0.05, 0) is 29.1 Å². The summed E-state index contributed by atoms with van der Waals surface area (Å²) in [7, 11) is 1.65. The molecule has 0 saturated carbocycles. The number of para-hydroxylation sites is 1. The molecule has 1 amide bonds. The Balaban J connectivity index is 1.49. The van der Waals surface area contributed by atoms with Gasteiger partial charge in [0.25, 0.3) is 5.91 Å². The van der Waals surface area contributed by atoms with E-state index < -0.39 is 0 Å². The van der Waals surface area contributed by atoms with Gasteiger partial charge in [-0.3, -0.25) is 4.79 Å². The Morgan fingerprint density at radius 2 is 1.93 bits per heavy atom. The lowest BCUT2D eigenvalue weighted by Gasteiger charge is -2.24. The van der Waals surface area contributed by atoms with Crippen LogP contribution in [0.3, 0.4) is 0 Å². The Labute approximate surface area is 174 Å². The smallest absolute Gasteiger partial charge is 0.264 e. The highest BCUT2D eigenvalue weighted by Crippen LogP contribution is 2.25. The number of hydrogen-bond acceptors (Lipinski definition) is 5. The van der Waals surface area contributed by atoms with Crippen molar-refractivity contribution in [1.29, 1.82) is 0 Å². The average Bonchev–Trinajstić information content (AvgIpc) is 3.46. The topological polar surface area (TPSA) is 51.1 Å². The van der Waals surface area contributed by atoms with Crippen molar-refractivity contribution >= 4 is 23.0 Å². The van der Waals surface area contributed by atoms with Gasteiger partial charge in [0.15, 0.2) is 6.10 Å². The normalized spacial score (nSPS) is 15.5. The minimum Gasteiger partial charge on any atom is -0.496 e. The van der Waals surface area contributed by atoms with Gasteiger partial charge in [-0.1, -0.05) is 53.7 Å². The Hall–Kier alpha value is -3.12. The van der Waals surface area contributed by atoms with Gasteiger partial charge >= 0.3 is 0 Å². The van der Waals surface area contributed by atoms with Crippen LogP contribution in [0.1, 0.15) is 27.2 Å². The molecule has 148 valence electrons. The van der Waals surface area contributed by atoms with E-state index in [1.807, 2.05) is 77.0 Å². The Kier molecular flexibility index (Phi) is 5.91. The summed E-state index contributed by atoms with van der Waals surface area (Å²) in [6.07, 6.45) is 0.436. The predicted molar refractivity (Wildman–Crippen MR) is 115 cm³/mol. The average molecular weight is 407 g/mol. The summed E-state index contributed by atoms with van der Waals surface area (Å²) in [4.78, 5) is 21.3. The highest BCUT2D eigenvalue weighted by atomic mass is 32.1. The van der Waals surface area contributed by atoms with E-state index in [-0.39, 0.29) is 12.0 Å². The number of benzene rings is 2. The molecule has 6 heteroatoms. The SMILES string of the molecule is COc1ccccc1C1=NO[C@H](CN(Cc2ccccc2)C(=O)c2cccs2)C1. The van der Waals surface area contributed by atoms with Crippen LogP contribution in [0.2, 0.25) is 0 Å². The quantitative estimate of drug-likeness (QED) is 0.577. The van der Waals surface area contributed by atoms with Gasteiger partial charge in [-0.15, -0.1) is 11.3 Å². The van der Waals surface area contributed by atoms with Gasteiger partial charge in [0.2, 0.25) is 0 Å². The molecule has 0 radical (unpaired) electrons. The maximum absolute atomic E-state index is 13.1. The number of thiophene rings is 1. The number of carbonyl (C=O) groups excluding carboxylic acids is 1. The molecular formula is C23H22N2O3S. The van der Waals surface area contributed by atoms with Crippen molar-refractivity contribution in [3.63, 3.8) is 0 Å². The lowest BCUT2D eigenvalue weighted by atomic mass is 10.0. The molecule has 5 nitrogen and oxygen atoms in total. The molecule has 1 aliphatic heterocycles.